The van der Waals surface area contributed by atoms with Gasteiger partial charge in [0.25, 0.3) is 0 Å². The van der Waals surface area contributed by atoms with Crippen molar-refractivity contribution in [2.45, 2.75) is 13.3 Å². The van der Waals surface area contributed by atoms with Crippen LogP contribution in [-0.2, 0) is 4.79 Å². The molecule has 2 fully saturated rings. The molecular formula is C15H22N4O. The maximum absolute atomic E-state index is 11.9. The van der Waals surface area contributed by atoms with Crippen LogP contribution in [0, 0.1) is 11.8 Å². The van der Waals surface area contributed by atoms with Crippen LogP contribution < -0.4 is 10.2 Å². The van der Waals surface area contributed by atoms with Gasteiger partial charge in [0, 0.05) is 32.1 Å². The molecule has 1 N–H and O–H groups in total. The molecule has 0 bridgehead atoms. The van der Waals surface area contributed by atoms with E-state index < -0.39 is 0 Å². The van der Waals surface area contributed by atoms with E-state index in [2.05, 4.69) is 34.1 Å². The van der Waals surface area contributed by atoms with E-state index in [1.165, 1.54) is 0 Å². The number of hydrogen-bond donors (Lipinski definition) is 1. The number of hydrogen-bond acceptors (Lipinski definition) is 4. The van der Waals surface area contributed by atoms with Crippen molar-refractivity contribution in [1.82, 2.24) is 9.88 Å². The van der Waals surface area contributed by atoms with Crippen LogP contribution in [-0.4, -0.2) is 49.0 Å². The smallest absolute Gasteiger partial charge is 0.227 e. The lowest BCUT2D eigenvalue weighted by atomic mass is 10.3. The largest absolute Gasteiger partial charge is 0.354 e. The molecular weight excluding hydrogens is 252 g/mol. The van der Waals surface area contributed by atoms with Crippen LogP contribution in [0.5, 0.6) is 0 Å². The summed E-state index contributed by atoms with van der Waals surface area (Å²) in [7, 11) is 2.14. The third-order valence-corrected chi connectivity index (χ3v) is 4.29. The molecule has 0 radical (unpaired) electrons. The molecule has 0 spiro atoms. The number of likely N-dealkylation sites (N-methyl/N-ethyl adjacent to an activating group) is 1. The van der Waals surface area contributed by atoms with Gasteiger partial charge in [0.2, 0.25) is 5.91 Å². The van der Waals surface area contributed by atoms with E-state index in [9.17, 15) is 4.79 Å². The van der Waals surface area contributed by atoms with Crippen molar-refractivity contribution in [3.8, 4) is 0 Å². The van der Waals surface area contributed by atoms with Crippen LogP contribution >= 0.6 is 0 Å². The first-order chi connectivity index (χ1) is 9.63. The van der Waals surface area contributed by atoms with Gasteiger partial charge in [-0.05, 0) is 31.5 Å². The Labute approximate surface area is 120 Å². The molecule has 108 valence electrons. The fourth-order valence-electron chi connectivity index (χ4n) is 2.60. The second-order valence-corrected chi connectivity index (χ2v) is 6.00. The van der Waals surface area contributed by atoms with E-state index >= 15 is 0 Å². The molecule has 3 rings (SSSR count). The minimum absolute atomic E-state index is 0.131. The number of piperazine rings is 1. The lowest BCUT2D eigenvalue weighted by Gasteiger charge is -2.33. The highest BCUT2D eigenvalue weighted by Gasteiger charge is 2.39. The van der Waals surface area contributed by atoms with Crippen LogP contribution in [0.4, 0.5) is 11.5 Å². The molecule has 1 saturated heterocycles. The van der Waals surface area contributed by atoms with Crippen LogP contribution in [0.15, 0.2) is 18.3 Å². The number of nitrogens with zero attached hydrogens (tertiary/aromatic N) is 3. The second kappa shape index (κ2) is 5.40. The number of amides is 1. The van der Waals surface area contributed by atoms with E-state index in [0.717, 1.165) is 44.1 Å². The van der Waals surface area contributed by atoms with Crippen LogP contribution in [0.25, 0.3) is 0 Å². The zero-order valence-electron chi connectivity index (χ0n) is 12.2. The summed E-state index contributed by atoms with van der Waals surface area (Å²) in [6.45, 7) is 6.27. The molecule has 1 aromatic rings. The number of pyridine rings is 1. The predicted octanol–water partition coefficient (Wildman–Crippen LogP) is 1.43. The fourth-order valence-corrected chi connectivity index (χ4v) is 2.60. The molecule has 2 atom stereocenters. The zero-order chi connectivity index (χ0) is 14.1. The predicted molar refractivity (Wildman–Crippen MR) is 79.8 cm³/mol. The molecule has 1 amide bonds. The average molecular weight is 274 g/mol. The van der Waals surface area contributed by atoms with E-state index in [0.29, 0.717) is 5.92 Å². The van der Waals surface area contributed by atoms with Crippen LogP contribution in [0.3, 0.4) is 0 Å². The summed E-state index contributed by atoms with van der Waals surface area (Å²) in [5, 5.41) is 2.94. The van der Waals surface area contributed by atoms with Gasteiger partial charge in [-0.15, -0.1) is 0 Å². The third-order valence-electron chi connectivity index (χ3n) is 4.29. The Morgan fingerprint density at radius 3 is 2.55 bits per heavy atom. The highest BCUT2D eigenvalue weighted by atomic mass is 16.2. The second-order valence-electron chi connectivity index (χ2n) is 6.00. The van der Waals surface area contributed by atoms with Crippen LogP contribution in [0.2, 0.25) is 0 Å². The van der Waals surface area contributed by atoms with Crippen molar-refractivity contribution in [2.24, 2.45) is 11.8 Å². The van der Waals surface area contributed by atoms with Gasteiger partial charge in [-0.1, -0.05) is 6.92 Å². The Balaban J connectivity index is 1.58. The van der Waals surface area contributed by atoms with Crippen molar-refractivity contribution < 1.29 is 4.79 Å². The number of rotatable bonds is 3. The normalized spacial score (nSPS) is 26.4. The third kappa shape index (κ3) is 2.93. The number of nitrogens with one attached hydrogen (secondary N) is 1. The van der Waals surface area contributed by atoms with Gasteiger partial charge < -0.3 is 15.1 Å². The molecule has 1 aromatic heterocycles. The number of aromatic nitrogens is 1. The van der Waals surface area contributed by atoms with E-state index in [1.54, 1.807) is 6.20 Å². The first-order valence-electron chi connectivity index (χ1n) is 7.34. The Hall–Kier alpha value is -1.62. The first kappa shape index (κ1) is 13.4. The molecule has 5 heteroatoms. The molecule has 2 aliphatic rings. The average Bonchev–Trinajstić information content (AvgIpc) is 3.18. The Kier molecular flexibility index (Phi) is 3.61. The number of carbonyl (C=O) groups is 1. The lowest BCUT2D eigenvalue weighted by molar-refractivity contribution is -0.117. The summed E-state index contributed by atoms with van der Waals surface area (Å²) in [6, 6.07) is 3.95. The summed E-state index contributed by atoms with van der Waals surface area (Å²) in [4.78, 5) is 20.9. The first-order valence-corrected chi connectivity index (χ1v) is 7.34. The highest BCUT2D eigenvalue weighted by molar-refractivity contribution is 5.94. The summed E-state index contributed by atoms with van der Waals surface area (Å²) in [5.41, 5.74) is 0.798. The lowest BCUT2D eigenvalue weighted by Crippen LogP contribution is -2.44. The molecule has 2 unspecified atom stereocenters. The summed E-state index contributed by atoms with van der Waals surface area (Å²) >= 11 is 0. The van der Waals surface area contributed by atoms with Crippen LogP contribution in [0.1, 0.15) is 13.3 Å². The van der Waals surface area contributed by atoms with E-state index in [1.807, 2.05) is 12.1 Å². The van der Waals surface area contributed by atoms with E-state index in [4.69, 9.17) is 0 Å². The number of carbonyl (C=O) groups excluding carboxylic acids is 1. The van der Waals surface area contributed by atoms with Crippen molar-refractivity contribution in [3.05, 3.63) is 18.3 Å². The molecule has 1 aliphatic heterocycles. The fraction of sp³-hybridized carbons (Fsp3) is 0.600. The van der Waals surface area contributed by atoms with Crippen molar-refractivity contribution in [2.75, 3.05) is 43.4 Å². The van der Waals surface area contributed by atoms with Gasteiger partial charge in [-0.2, -0.15) is 0 Å². The van der Waals surface area contributed by atoms with Crippen molar-refractivity contribution >= 4 is 17.4 Å². The van der Waals surface area contributed by atoms with Gasteiger partial charge in [0.15, 0.2) is 0 Å². The van der Waals surface area contributed by atoms with Gasteiger partial charge in [0.1, 0.15) is 5.82 Å². The number of anilines is 2. The molecule has 1 saturated carbocycles. The molecule has 5 nitrogen and oxygen atoms in total. The SMILES string of the molecule is CC1CC1C(=O)Nc1ccc(N2CCN(C)CC2)nc1. The maximum Gasteiger partial charge on any atom is 0.227 e. The van der Waals surface area contributed by atoms with E-state index in [-0.39, 0.29) is 11.8 Å². The summed E-state index contributed by atoms with van der Waals surface area (Å²) in [5.74, 6) is 1.86. The minimum atomic E-state index is 0.131. The molecule has 0 aromatic carbocycles. The Bertz CT molecular complexity index is 479. The van der Waals surface area contributed by atoms with Gasteiger partial charge in [-0.3, -0.25) is 4.79 Å². The van der Waals surface area contributed by atoms with Gasteiger partial charge >= 0.3 is 0 Å². The van der Waals surface area contributed by atoms with Crippen molar-refractivity contribution in [3.63, 3.8) is 0 Å². The summed E-state index contributed by atoms with van der Waals surface area (Å²) in [6.07, 6.45) is 2.78. The Morgan fingerprint density at radius 2 is 2.00 bits per heavy atom. The Morgan fingerprint density at radius 1 is 1.30 bits per heavy atom. The zero-order valence-corrected chi connectivity index (χ0v) is 12.2. The molecule has 2 heterocycles. The van der Waals surface area contributed by atoms with Gasteiger partial charge in [0.05, 0.1) is 11.9 Å². The molecule has 1 aliphatic carbocycles. The quantitative estimate of drug-likeness (QED) is 0.906. The maximum atomic E-state index is 11.9. The van der Waals surface area contributed by atoms with Gasteiger partial charge in [-0.25, -0.2) is 4.98 Å². The highest BCUT2D eigenvalue weighted by Crippen LogP contribution is 2.38. The summed E-state index contributed by atoms with van der Waals surface area (Å²) < 4.78 is 0. The topological polar surface area (TPSA) is 48.5 Å². The molecule has 20 heavy (non-hydrogen) atoms. The monoisotopic (exact) mass is 274 g/mol. The standard InChI is InChI=1S/C15H22N4O/c1-11-9-13(11)15(20)17-12-3-4-14(16-10-12)19-7-5-18(2)6-8-19/h3-4,10-11,13H,5-9H2,1-2H3,(H,17,20). The minimum Gasteiger partial charge on any atom is -0.354 e. The van der Waals surface area contributed by atoms with Crippen molar-refractivity contribution in [1.29, 1.82) is 0 Å².